The monoisotopic (exact) mass is 448 g/mol. The minimum atomic E-state index is -0.619. The molecule has 7 nitrogen and oxygen atoms in total. The average Bonchev–Trinajstić information content (AvgIpc) is 3.38. The highest BCUT2D eigenvalue weighted by atomic mass is 32.1. The maximum absolute atomic E-state index is 13.2. The number of rotatable bonds is 4. The molecule has 0 spiro atoms. The molecule has 0 bridgehead atoms. The Morgan fingerprint density at radius 3 is 2.78 bits per heavy atom. The molecule has 2 aliphatic rings. The van der Waals surface area contributed by atoms with E-state index in [2.05, 4.69) is 0 Å². The van der Waals surface area contributed by atoms with Crippen LogP contribution in [0.2, 0.25) is 0 Å². The maximum Gasteiger partial charge on any atom is 0.338 e. The number of thiazole rings is 1. The van der Waals surface area contributed by atoms with Crippen LogP contribution in [-0.4, -0.2) is 23.9 Å². The number of carbonyl (C=O) groups excluding carboxylic acids is 1. The topological polar surface area (TPSA) is 79.1 Å². The summed E-state index contributed by atoms with van der Waals surface area (Å²) < 4.78 is 18.3. The van der Waals surface area contributed by atoms with Crippen molar-refractivity contribution in [3.05, 3.63) is 84.9 Å². The summed E-state index contributed by atoms with van der Waals surface area (Å²) in [4.78, 5) is 31.5. The summed E-state index contributed by atoms with van der Waals surface area (Å²) in [7, 11) is 0. The maximum atomic E-state index is 13.2. The molecule has 8 heteroatoms. The van der Waals surface area contributed by atoms with Crippen molar-refractivity contribution in [3.8, 4) is 11.5 Å². The van der Waals surface area contributed by atoms with Gasteiger partial charge >= 0.3 is 5.97 Å². The van der Waals surface area contributed by atoms with Crippen LogP contribution in [0.25, 0.3) is 11.8 Å². The molecule has 0 unspecified atom stereocenters. The Labute approximate surface area is 187 Å². The Hall–Kier alpha value is -3.65. The molecule has 3 aromatic rings. The zero-order valence-corrected chi connectivity index (χ0v) is 18.3. The molecule has 162 valence electrons. The number of aromatic nitrogens is 1. The summed E-state index contributed by atoms with van der Waals surface area (Å²) in [5.74, 6) is 0.760. The van der Waals surface area contributed by atoms with Gasteiger partial charge in [-0.25, -0.2) is 9.79 Å². The highest BCUT2D eigenvalue weighted by Crippen LogP contribution is 2.38. The molecule has 0 radical (unpaired) electrons. The van der Waals surface area contributed by atoms with E-state index in [0.29, 0.717) is 32.1 Å². The van der Waals surface area contributed by atoms with Crippen molar-refractivity contribution < 1.29 is 19.0 Å². The van der Waals surface area contributed by atoms with E-state index in [1.54, 1.807) is 19.9 Å². The number of hydrogen-bond donors (Lipinski definition) is 0. The lowest BCUT2D eigenvalue weighted by molar-refractivity contribution is -0.138. The van der Waals surface area contributed by atoms with Gasteiger partial charge in [0.1, 0.15) is 6.04 Å². The first-order chi connectivity index (χ1) is 15.6. The Kier molecular flexibility index (Phi) is 5.14. The van der Waals surface area contributed by atoms with Crippen LogP contribution in [0.15, 0.2) is 63.9 Å². The summed E-state index contributed by atoms with van der Waals surface area (Å²) in [5.41, 5.74) is 2.33. The van der Waals surface area contributed by atoms with Crippen molar-refractivity contribution in [2.75, 3.05) is 13.4 Å². The van der Waals surface area contributed by atoms with E-state index < -0.39 is 12.0 Å². The number of allylic oxidation sites excluding steroid dienone is 1. The van der Waals surface area contributed by atoms with Crippen molar-refractivity contribution in [3.63, 3.8) is 0 Å². The van der Waals surface area contributed by atoms with Crippen LogP contribution < -0.4 is 24.4 Å². The van der Waals surface area contributed by atoms with Gasteiger partial charge in [-0.1, -0.05) is 47.7 Å². The molecule has 0 saturated carbocycles. The second kappa shape index (κ2) is 8.12. The van der Waals surface area contributed by atoms with Gasteiger partial charge in [-0.15, -0.1) is 0 Å². The quantitative estimate of drug-likeness (QED) is 0.574. The van der Waals surface area contributed by atoms with E-state index in [0.717, 1.165) is 11.1 Å². The number of fused-ring (bicyclic) bond motifs is 2. The molecular formula is C24H20N2O5S. The first-order valence-electron chi connectivity index (χ1n) is 10.2. The Bertz CT molecular complexity index is 1420. The lowest BCUT2D eigenvalue weighted by Crippen LogP contribution is -2.35. The number of benzene rings is 2. The Balaban J connectivity index is 1.71. The second-order valence-electron chi connectivity index (χ2n) is 7.31. The van der Waals surface area contributed by atoms with Gasteiger partial charge in [0.05, 0.1) is 16.7 Å². The van der Waals surface area contributed by atoms with Gasteiger partial charge in [0.15, 0.2) is 16.3 Å². The first kappa shape index (κ1) is 20.3. The molecule has 3 heterocycles. The highest BCUT2D eigenvalue weighted by Gasteiger charge is 2.32. The minimum absolute atomic E-state index is 0.156. The molecule has 0 amide bonds. The van der Waals surface area contributed by atoms with Gasteiger partial charge in [-0.2, -0.15) is 0 Å². The number of esters is 1. The molecule has 2 aliphatic heterocycles. The molecule has 1 atom stereocenters. The van der Waals surface area contributed by atoms with Crippen molar-refractivity contribution in [2.24, 2.45) is 4.99 Å². The second-order valence-corrected chi connectivity index (χ2v) is 8.32. The Morgan fingerprint density at radius 1 is 1.22 bits per heavy atom. The number of hydrogen-bond acceptors (Lipinski definition) is 7. The third-order valence-electron chi connectivity index (χ3n) is 5.35. The molecule has 5 rings (SSSR count). The van der Waals surface area contributed by atoms with Crippen molar-refractivity contribution in [1.29, 1.82) is 0 Å². The molecule has 0 aliphatic carbocycles. The van der Waals surface area contributed by atoms with E-state index in [1.807, 2.05) is 48.5 Å². The van der Waals surface area contributed by atoms with Crippen LogP contribution in [0.4, 0.5) is 0 Å². The van der Waals surface area contributed by atoms with Gasteiger partial charge in [-0.3, -0.25) is 9.36 Å². The number of carbonyl (C=O) groups is 1. The molecule has 32 heavy (non-hydrogen) atoms. The fourth-order valence-corrected chi connectivity index (χ4v) is 4.88. The van der Waals surface area contributed by atoms with Gasteiger partial charge in [-0.05, 0) is 43.2 Å². The zero-order chi connectivity index (χ0) is 22.2. The molecule has 2 aromatic carbocycles. The molecular weight excluding hydrogens is 428 g/mol. The van der Waals surface area contributed by atoms with E-state index in [1.165, 1.54) is 15.9 Å². The van der Waals surface area contributed by atoms with Crippen molar-refractivity contribution in [2.45, 2.75) is 19.9 Å². The number of nitrogens with zero attached hydrogens (tertiary/aromatic N) is 2. The first-order valence-corrected chi connectivity index (χ1v) is 11.0. The normalized spacial score (nSPS) is 17.2. The van der Waals surface area contributed by atoms with E-state index in [-0.39, 0.29) is 19.0 Å². The van der Waals surface area contributed by atoms with Crippen molar-refractivity contribution >= 4 is 29.1 Å². The van der Waals surface area contributed by atoms with E-state index in [9.17, 15) is 9.59 Å². The molecule has 0 fully saturated rings. The summed E-state index contributed by atoms with van der Waals surface area (Å²) in [6, 6.07) is 14.5. The average molecular weight is 449 g/mol. The highest BCUT2D eigenvalue weighted by molar-refractivity contribution is 7.07. The molecule has 0 N–H and O–H groups in total. The standard InChI is InChI=1S/C24H20N2O5S/c1-3-29-23(28)20-14(2)26-22(27)19(11-15-7-5-4-6-8-15)32-24(26)25-21(20)16-9-10-17-18(12-16)31-13-30-17/h4-12,21H,3,13H2,1-2H3/b19-11-/t21-/m1/s1. The van der Waals surface area contributed by atoms with E-state index in [4.69, 9.17) is 19.2 Å². The summed E-state index contributed by atoms with van der Waals surface area (Å²) in [6.07, 6.45) is 1.83. The molecule has 1 aromatic heterocycles. The third kappa shape index (κ3) is 3.42. The van der Waals surface area contributed by atoms with Gasteiger partial charge in [0.25, 0.3) is 5.56 Å². The summed E-state index contributed by atoms with van der Waals surface area (Å²) in [6.45, 7) is 3.88. The molecule has 0 saturated heterocycles. The largest absolute Gasteiger partial charge is 0.463 e. The van der Waals surface area contributed by atoms with Crippen LogP contribution in [0.5, 0.6) is 11.5 Å². The zero-order valence-electron chi connectivity index (χ0n) is 17.5. The summed E-state index contributed by atoms with van der Waals surface area (Å²) in [5, 5.41) is 0. The minimum Gasteiger partial charge on any atom is -0.463 e. The van der Waals surface area contributed by atoms with Gasteiger partial charge in [0.2, 0.25) is 6.79 Å². The van der Waals surface area contributed by atoms with Gasteiger partial charge < -0.3 is 14.2 Å². The van der Waals surface area contributed by atoms with Crippen LogP contribution in [-0.2, 0) is 9.53 Å². The number of ether oxygens (including phenoxy) is 3. The van der Waals surface area contributed by atoms with E-state index >= 15 is 0 Å². The predicted molar refractivity (Wildman–Crippen MR) is 120 cm³/mol. The SMILES string of the molecule is CCOC(=O)C1=C(C)n2c(s/c(=C\c3ccccc3)c2=O)=N[C@@H]1c1ccc2c(c1)OCO2. The van der Waals surface area contributed by atoms with Crippen molar-refractivity contribution in [1.82, 2.24) is 4.57 Å². The van der Waals surface area contributed by atoms with Crippen LogP contribution in [0.1, 0.15) is 31.0 Å². The Morgan fingerprint density at radius 2 is 2.00 bits per heavy atom. The smallest absolute Gasteiger partial charge is 0.338 e. The summed E-state index contributed by atoms with van der Waals surface area (Å²) >= 11 is 1.30. The van der Waals surface area contributed by atoms with Crippen LogP contribution >= 0.6 is 11.3 Å². The lowest BCUT2D eigenvalue weighted by Gasteiger charge is -2.22. The van der Waals surface area contributed by atoms with Crippen LogP contribution in [0.3, 0.4) is 0 Å². The lowest BCUT2D eigenvalue weighted by atomic mass is 9.96. The fourth-order valence-electron chi connectivity index (χ4n) is 3.84. The predicted octanol–water partition coefficient (Wildman–Crippen LogP) is 2.64. The van der Waals surface area contributed by atoms with Crippen LogP contribution in [0, 0.1) is 0 Å². The van der Waals surface area contributed by atoms with Gasteiger partial charge in [0, 0.05) is 5.70 Å². The third-order valence-corrected chi connectivity index (χ3v) is 6.33. The fraction of sp³-hybridized carbons (Fsp3) is 0.208.